The molecule has 4 nitrogen and oxygen atoms in total. The minimum absolute atomic E-state index is 0. The smallest absolute Gasteiger partial charge is 0.726 e. The fourth-order valence-corrected chi connectivity index (χ4v) is 5.03. The van der Waals surface area contributed by atoms with Crippen molar-refractivity contribution >= 4 is 10.4 Å². The fraction of sp³-hybridized carbons (Fsp3) is 0.933. The Morgan fingerprint density at radius 3 is 1.36 bits per heavy atom. The zero-order chi connectivity index (χ0) is 25.9. The molecule has 0 N–H and O–H groups in total. The summed E-state index contributed by atoms with van der Waals surface area (Å²) in [6, 6.07) is 0. The van der Waals surface area contributed by atoms with Crippen molar-refractivity contribution in [2.45, 2.75) is 168 Å². The zero-order valence-electron chi connectivity index (χ0n) is 24.5. The van der Waals surface area contributed by atoms with Crippen LogP contribution in [0.3, 0.4) is 0 Å². The van der Waals surface area contributed by atoms with Gasteiger partial charge in [0.1, 0.15) is 0 Å². The van der Waals surface area contributed by atoms with Gasteiger partial charge in [0.2, 0.25) is 10.4 Å². The normalized spacial score (nSPS) is 12.8. The van der Waals surface area contributed by atoms with Gasteiger partial charge in [-0.15, -0.1) is 0 Å². The molecular formula is C30H59KO4S. The Kier molecular flexibility index (Phi) is 33.7. The van der Waals surface area contributed by atoms with Crippen LogP contribution in [0.2, 0.25) is 0 Å². The van der Waals surface area contributed by atoms with Gasteiger partial charge in [0.15, 0.2) is 0 Å². The Labute approximate surface area is 269 Å². The molecule has 1 unspecified atom stereocenters. The maximum atomic E-state index is 10.8. The van der Waals surface area contributed by atoms with E-state index in [9.17, 15) is 13.0 Å². The number of hydrogen-bond acceptors (Lipinski definition) is 4. The molecule has 0 bridgehead atoms. The Morgan fingerprint density at radius 2 is 0.972 bits per heavy atom. The van der Waals surface area contributed by atoms with Crippen LogP contribution >= 0.6 is 0 Å². The van der Waals surface area contributed by atoms with Crippen molar-refractivity contribution < 1.29 is 68.5 Å². The summed E-state index contributed by atoms with van der Waals surface area (Å²) >= 11 is 0. The van der Waals surface area contributed by atoms with Crippen LogP contribution in [-0.2, 0) is 14.6 Å². The first-order chi connectivity index (χ1) is 17.0. The van der Waals surface area contributed by atoms with Crippen LogP contribution in [-0.4, -0.2) is 19.6 Å². The molecule has 0 aromatic heterocycles. The molecule has 0 aliphatic carbocycles. The van der Waals surface area contributed by atoms with E-state index in [2.05, 4.69) is 30.2 Å². The molecule has 0 heterocycles. The molecule has 0 aromatic rings. The van der Waals surface area contributed by atoms with Gasteiger partial charge in [0.05, 0.1) is 6.61 Å². The zero-order valence-corrected chi connectivity index (χ0v) is 28.4. The van der Waals surface area contributed by atoms with Crippen LogP contribution < -0.4 is 51.4 Å². The van der Waals surface area contributed by atoms with Crippen molar-refractivity contribution in [1.29, 1.82) is 0 Å². The summed E-state index contributed by atoms with van der Waals surface area (Å²) in [7, 11) is -4.61. The van der Waals surface area contributed by atoms with E-state index in [1.807, 2.05) is 0 Å². The Bertz CT molecular complexity index is 551. The molecule has 0 aliphatic heterocycles. The third-order valence-corrected chi connectivity index (χ3v) is 7.41. The van der Waals surface area contributed by atoms with Gasteiger partial charge in [0, 0.05) is 5.92 Å². The number of rotatable bonds is 28. The summed E-state index contributed by atoms with van der Waals surface area (Å²) in [6.07, 6.45) is 35.3. The molecule has 0 aliphatic rings. The first-order valence-electron chi connectivity index (χ1n) is 15.3. The van der Waals surface area contributed by atoms with Gasteiger partial charge in [-0.05, 0) is 19.3 Å². The number of hydrogen-bond donors (Lipinski definition) is 0. The monoisotopic (exact) mass is 554 g/mol. The Morgan fingerprint density at radius 1 is 0.611 bits per heavy atom. The van der Waals surface area contributed by atoms with Crippen LogP contribution in [0.1, 0.15) is 168 Å². The van der Waals surface area contributed by atoms with E-state index in [1.165, 1.54) is 135 Å². The summed E-state index contributed by atoms with van der Waals surface area (Å²) < 4.78 is 37.1. The van der Waals surface area contributed by atoms with Gasteiger partial charge >= 0.3 is 51.4 Å². The number of unbranched alkanes of at least 4 members (excludes halogenated alkanes) is 21. The SMILES string of the molecule is CCCCCCC/C=C/C(CCCCCCCCCCCCCCCCCCC)COS(=O)(=O)[O-].[K+]. The minimum atomic E-state index is -4.61. The van der Waals surface area contributed by atoms with Crippen molar-refractivity contribution in [2.75, 3.05) is 6.61 Å². The van der Waals surface area contributed by atoms with E-state index in [-0.39, 0.29) is 63.9 Å². The van der Waals surface area contributed by atoms with E-state index in [0.717, 1.165) is 19.3 Å². The van der Waals surface area contributed by atoms with E-state index in [1.54, 1.807) is 0 Å². The van der Waals surface area contributed by atoms with Crippen molar-refractivity contribution in [3.63, 3.8) is 0 Å². The summed E-state index contributed by atoms with van der Waals surface area (Å²) in [4.78, 5) is 0. The molecule has 0 spiro atoms. The van der Waals surface area contributed by atoms with E-state index < -0.39 is 10.4 Å². The van der Waals surface area contributed by atoms with Crippen LogP contribution in [0.5, 0.6) is 0 Å². The molecule has 36 heavy (non-hydrogen) atoms. The molecule has 210 valence electrons. The fourth-order valence-electron chi connectivity index (χ4n) is 4.69. The van der Waals surface area contributed by atoms with Gasteiger partial charge in [-0.25, -0.2) is 8.42 Å². The van der Waals surface area contributed by atoms with Crippen LogP contribution in [0.15, 0.2) is 12.2 Å². The van der Waals surface area contributed by atoms with Crippen molar-refractivity contribution in [1.82, 2.24) is 0 Å². The predicted octanol–water partition coefficient (Wildman–Crippen LogP) is 7.04. The second kappa shape index (κ2) is 30.8. The third-order valence-electron chi connectivity index (χ3n) is 6.99. The third kappa shape index (κ3) is 33.3. The van der Waals surface area contributed by atoms with Crippen molar-refractivity contribution in [3.8, 4) is 0 Å². The molecule has 6 heteroatoms. The van der Waals surface area contributed by atoms with E-state index >= 15 is 0 Å². The average molecular weight is 555 g/mol. The molecule has 0 rings (SSSR count). The van der Waals surface area contributed by atoms with Gasteiger partial charge in [-0.3, -0.25) is 4.18 Å². The standard InChI is InChI=1S/C30H60O4S.K/c1-3-5-7-9-11-12-13-14-15-16-17-18-19-20-22-24-26-28-30(29-34-35(31,32)33)27-25-23-21-10-8-6-4-2;/h25,27,30H,3-24,26,28-29H2,1-2H3,(H,31,32,33);/q;+1/p-1/b27-25+;. The van der Waals surface area contributed by atoms with E-state index in [0.29, 0.717) is 0 Å². The quantitative estimate of drug-likeness (QED) is 0.0342. The first kappa shape index (κ1) is 39.4. The summed E-state index contributed by atoms with van der Waals surface area (Å²) in [6.45, 7) is 4.48. The van der Waals surface area contributed by atoms with Gasteiger partial charge < -0.3 is 4.55 Å². The van der Waals surface area contributed by atoms with Gasteiger partial charge in [-0.1, -0.05) is 161 Å². The van der Waals surface area contributed by atoms with Gasteiger partial charge in [-0.2, -0.15) is 0 Å². The van der Waals surface area contributed by atoms with E-state index in [4.69, 9.17) is 0 Å². The molecule has 0 amide bonds. The number of allylic oxidation sites excluding steroid dienone is 1. The average Bonchev–Trinajstić information content (AvgIpc) is 2.82. The first-order valence-corrected chi connectivity index (χ1v) is 16.6. The maximum absolute atomic E-state index is 10.8. The van der Waals surface area contributed by atoms with Crippen LogP contribution in [0.4, 0.5) is 0 Å². The van der Waals surface area contributed by atoms with Gasteiger partial charge in [0.25, 0.3) is 0 Å². The molecule has 0 radical (unpaired) electrons. The topological polar surface area (TPSA) is 66.4 Å². The summed E-state index contributed by atoms with van der Waals surface area (Å²) in [5.41, 5.74) is 0. The molecule has 0 saturated heterocycles. The second-order valence-electron chi connectivity index (χ2n) is 10.5. The largest absolute Gasteiger partial charge is 1.00 e. The summed E-state index contributed by atoms with van der Waals surface area (Å²) in [5, 5.41) is 0. The second-order valence-corrected chi connectivity index (χ2v) is 11.6. The minimum Gasteiger partial charge on any atom is -0.726 e. The van der Waals surface area contributed by atoms with Crippen LogP contribution in [0, 0.1) is 5.92 Å². The molecular weight excluding hydrogens is 495 g/mol. The Balaban J connectivity index is 0. The Hall–Kier alpha value is 1.25. The van der Waals surface area contributed by atoms with Crippen molar-refractivity contribution in [2.24, 2.45) is 5.92 Å². The van der Waals surface area contributed by atoms with Crippen LogP contribution in [0.25, 0.3) is 0 Å². The maximum Gasteiger partial charge on any atom is 1.00 e. The molecule has 0 saturated carbocycles. The predicted molar refractivity (Wildman–Crippen MR) is 150 cm³/mol. The molecule has 0 fully saturated rings. The molecule has 1 atom stereocenters. The molecule has 0 aromatic carbocycles. The summed E-state index contributed by atoms with van der Waals surface area (Å²) in [5.74, 6) is 0.0192. The van der Waals surface area contributed by atoms with Crippen molar-refractivity contribution in [3.05, 3.63) is 12.2 Å².